The molecular formula is C16H15NO3. The lowest BCUT2D eigenvalue weighted by Gasteiger charge is -2.10. The van der Waals surface area contributed by atoms with Crippen molar-refractivity contribution in [3.8, 4) is 0 Å². The molecule has 0 aliphatic carbocycles. The highest BCUT2D eigenvalue weighted by Crippen LogP contribution is 2.25. The Balaban J connectivity index is 1.87. The third-order valence-electron chi connectivity index (χ3n) is 3.37. The van der Waals surface area contributed by atoms with Gasteiger partial charge in [0.1, 0.15) is 11.3 Å². The van der Waals surface area contributed by atoms with Gasteiger partial charge in [-0.2, -0.15) is 0 Å². The van der Waals surface area contributed by atoms with Crippen LogP contribution in [0.3, 0.4) is 0 Å². The number of furan rings is 2. The maximum Gasteiger partial charge on any atom is 0.287 e. The first kappa shape index (κ1) is 12.5. The monoisotopic (exact) mass is 269 g/mol. The number of hydrogen-bond donors (Lipinski definition) is 1. The van der Waals surface area contributed by atoms with E-state index < -0.39 is 0 Å². The van der Waals surface area contributed by atoms with E-state index in [1.807, 2.05) is 44.2 Å². The molecule has 0 aliphatic rings. The van der Waals surface area contributed by atoms with Gasteiger partial charge in [0, 0.05) is 10.9 Å². The van der Waals surface area contributed by atoms with Gasteiger partial charge in [0.05, 0.1) is 12.3 Å². The van der Waals surface area contributed by atoms with Gasteiger partial charge in [0.25, 0.3) is 5.91 Å². The van der Waals surface area contributed by atoms with Crippen LogP contribution in [0.25, 0.3) is 11.0 Å². The number of carbonyl (C=O) groups is 1. The Bertz CT molecular complexity index is 740. The second-order valence-electron chi connectivity index (χ2n) is 4.76. The summed E-state index contributed by atoms with van der Waals surface area (Å²) >= 11 is 0. The van der Waals surface area contributed by atoms with Gasteiger partial charge >= 0.3 is 0 Å². The summed E-state index contributed by atoms with van der Waals surface area (Å²) in [5, 5.41) is 3.84. The van der Waals surface area contributed by atoms with E-state index in [1.165, 1.54) is 0 Å². The van der Waals surface area contributed by atoms with Crippen LogP contribution >= 0.6 is 0 Å². The lowest BCUT2D eigenvalue weighted by molar-refractivity contribution is 0.0908. The van der Waals surface area contributed by atoms with E-state index in [4.69, 9.17) is 8.83 Å². The summed E-state index contributed by atoms with van der Waals surface area (Å²) in [4.78, 5) is 12.3. The van der Waals surface area contributed by atoms with E-state index in [0.29, 0.717) is 11.5 Å². The molecule has 0 bridgehead atoms. The second kappa shape index (κ2) is 4.89. The fraction of sp³-hybridized carbons (Fsp3) is 0.188. The van der Waals surface area contributed by atoms with Gasteiger partial charge in [-0.1, -0.05) is 18.2 Å². The van der Waals surface area contributed by atoms with Crippen LogP contribution in [-0.2, 0) is 0 Å². The molecule has 1 N–H and O–H groups in total. The molecule has 0 saturated heterocycles. The van der Waals surface area contributed by atoms with Crippen LogP contribution in [0, 0.1) is 6.92 Å². The number of para-hydroxylation sites is 1. The van der Waals surface area contributed by atoms with Crippen LogP contribution in [0.2, 0.25) is 0 Å². The molecule has 0 spiro atoms. The minimum absolute atomic E-state index is 0.204. The van der Waals surface area contributed by atoms with Crippen LogP contribution in [0.1, 0.15) is 34.8 Å². The Hall–Kier alpha value is -2.49. The SMILES string of the molecule is Cc1c(C(=O)NC(C)c2ccco2)oc2ccccc12. The van der Waals surface area contributed by atoms with Gasteiger partial charge in [-0.25, -0.2) is 0 Å². The number of hydrogen-bond acceptors (Lipinski definition) is 3. The number of carbonyl (C=O) groups excluding carboxylic acids is 1. The summed E-state index contributed by atoms with van der Waals surface area (Å²) < 4.78 is 10.9. The average molecular weight is 269 g/mol. The lowest BCUT2D eigenvalue weighted by atomic mass is 10.1. The molecule has 0 fully saturated rings. The van der Waals surface area contributed by atoms with Gasteiger partial charge in [0.15, 0.2) is 5.76 Å². The maximum atomic E-state index is 12.3. The highest BCUT2D eigenvalue weighted by atomic mass is 16.3. The summed E-state index contributed by atoms with van der Waals surface area (Å²) in [5.74, 6) is 0.833. The average Bonchev–Trinajstić information content (AvgIpc) is 3.07. The van der Waals surface area contributed by atoms with Crippen LogP contribution in [0.4, 0.5) is 0 Å². The molecule has 3 rings (SSSR count). The highest BCUT2D eigenvalue weighted by Gasteiger charge is 2.20. The molecule has 4 nitrogen and oxygen atoms in total. The van der Waals surface area contributed by atoms with Crippen LogP contribution in [0.5, 0.6) is 0 Å². The van der Waals surface area contributed by atoms with E-state index in [1.54, 1.807) is 12.3 Å². The highest BCUT2D eigenvalue weighted by molar-refractivity contribution is 5.99. The molecule has 2 heterocycles. The third kappa shape index (κ3) is 2.09. The van der Waals surface area contributed by atoms with Crippen LogP contribution in [0.15, 0.2) is 51.5 Å². The van der Waals surface area contributed by atoms with Crippen molar-refractivity contribution in [2.75, 3.05) is 0 Å². The number of fused-ring (bicyclic) bond motifs is 1. The molecule has 1 unspecified atom stereocenters. The van der Waals surface area contributed by atoms with Gasteiger partial charge in [-0.15, -0.1) is 0 Å². The number of aryl methyl sites for hydroxylation is 1. The standard InChI is InChI=1S/C16H15NO3/c1-10-12-6-3-4-7-14(12)20-15(10)16(18)17-11(2)13-8-5-9-19-13/h3-9,11H,1-2H3,(H,17,18). The van der Waals surface area contributed by atoms with Gasteiger partial charge < -0.3 is 14.2 Å². The van der Waals surface area contributed by atoms with Gasteiger partial charge in [0.2, 0.25) is 0 Å². The molecule has 1 amide bonds. The summed E-state index contributed by atoms with van der Waals surface area (Å²) in [6.45, 7) is 3.76. The normalized spacial score (nSPS) is 12.5. The van der Waals surface area contributed by atoms with Crippen molar-refractivity contribution < 1.29 is 13.6 Å². The number of rotatable bonds is 3. The predicted molar refractivity (Wildman–Crippen MR) is 75.5 cm³/mol. The maximum absolute atomic E-state index is 12.3. The summed E-state index contributed by atoms with van der Waals surface area (Å²) in [7, 11) is 0. The minimum atomic E-state index is -0.234. The number of benzene rings is 1. The van der Waals surface area contributed by atoms with Gasteiger partial charge in [-0.05, 0) is 32.0 Å². The molecule has 0 aliphatic heterocycles. The zero-order valence-electron chi connectivity index (χ0n) is 11.3. The molecular weight excluding hydrogens is 254 g/mol. The van der Waals surface area contributed by atoms with Gasteiger partial charge in [-0.3, -0.25) is 4.79 Å². The van der Waals surface area contributed by atoms with E-state index in [0.717, 1.165) is 16.5 Å². The van der Waals surface area contributed by atoms with Crippen LogP contribution in [-0.4, -0.2) is 5.91 Å². The first-order valence-electron chi connectivity index (χ1n) is 6.49. The minimum Gasteiger partial charge on any atom is -0.467 e. The molecule has 20 heavy (non-hydrogen) atoms. The van der Waals surface area contributed by atoms with Crippen molar-refractivity contribution in [1.29, 1.82) is 0 Å². The topological polar surface area (TPSA) is 55.4 Å². The zero-order valence-corrected chi connectivity index (χ0v) is 11.3. The summed E-state index contributed by atoms with van der Waals surface area (Å²) in [6.07, 6.45) is 1.59. The van der Waals surface area contributed by atoms with Crippen molar-refractivity contribution in [3.63, 3.8) is 0 Å². The molecule has 1 atom stereocenters. The predicted octanol–water partition coefficient (Wildman–Crippen LogP) is 3.83. The lowest BCUT2D eigenvalue weighted by Crippen LogP contribution is -2.26. The number of nitrogens with one attached hydrogen (secondary N) is 1. The first-order chi connectivity index (χ1) is 9.66. The molecule has 3 aromatic rings. The van der Waals surface area contributed by atoms with Crippen molar-refractivity contribution in [3.05, 3.63) is 59.7 Å². The Morgan fingerprint density at radius 2 is 2.00 bits per heavy atom. The smallest absolute Gasteiger partial charge is 0.287 e. The summed E-state index contributed by atoms with van der Waals surface area (Å²) in [5.41, 5.74) is 1.57. The van der Waals surface area contributed by atoms with Crippen molar-refractivity contribution in [2.45, 2.75) is 19.9 Å². The van der Waals surface area contributed by atoms with Crippen molar-refractivity contribution in [2.24, 2.45) is 0 Å². The first-order valence-corrected chi connectivity index (χ1v) is 6.49. The Morgan fingerprint density at radius 1 is 1.20 bits per heavy atom. The van der Waals surface area contributed by atoms with E-state index in [2.05, 4.69) is 5.32 Å². The molecule has 4 heteroatoms. The third-order valence-corrected chi connectivity index (χ3v) is 3.37. The zero-order chi connectivity index (χ0) is 14.1. The fourth-order valence-electron chi connectivity index (χ4n) is 2.26. The number of amides is 1. The molecule has 102 valence electrons. The van der Waals surface area contributed by atoms with E-state index in [-0.39, 0.29) is 11.9 Å². The van der Waals surface area contributed by atoms with E-state index >= 15 is 0 Å². The molecule has 2 aromatic heterocycles. The molecule has 1 aromatic carbocycles. The Kier molecular flexibility index (Phi) is 3.06. The van der Waals surface area contributed by atoms with E-state index in [9.17, 15) is 4.79 Å². The van der Waals surface area contributed by atoms with Crippen molar-refractivity contribution in [1.82, 2.24) is 5.32 Å². The van der Waals surface area contributed by atoms with Crippen LogP contribution < -0.4 is 5.32 Å². The molecule has 0 radical (unpaired) electrons. The second-order valence-corrected chi connectivity index (χ2v) is 4.76. The Morgan fingerprint density at radius 3 is 2.70 bits per heavy atom. The largest absolute Gasteiger partial charge is 0.467 e. The molecule has 0 saturated carbocycles. The summed E-state index contributed by atoms with van der Waals surface area (Å²) in [6, 6.07) is 11.0. The quantitative estimate of drug-likeness (QED) is 0.786. The Labute approximate surface area is 116 Å². The fourth-order valence-corrected chi connectivity index (χ4v) is 2.26. The van der Waals surface area contributed by atoms with Crippen molar-refractivity contribution >= 4 is 16.9 Å².